The number of rotatable bonds is 4. The van der Waals surface area contributed by atoms with Crippen LogP contribution >= 0.6 is 0 Å². The first-order valence-corrected chi connectivity index (χ1v) is 8.61. The van der Waals surface area contributed by atoms with Gasteiger partial charge >= 0.3 is 0 Å². The van der Waals surface area contributed by atoms with Gasteiger partial charge in [0.1, 0.15) is 0 Å². The lowest BCUT2D eigenvalue weighted by molar-refractivity contribution is 0.318. The standard InChI is InChI=1S/C13H22NOSi/c1-13(2,3)16(4,5)15-11-8-12-6-9-14-10-7-12/h6-10H,11H2,1-5H3. The van der Waals surface area contributed by atoms with Crippen molar-refractivity contribution in [1.29, 1.82) is 0 Å². The molecule has 0 aliphatic carbocycles. The van der Waals surface area contributed by atoms with Crippen LogP contribution in [0.3, 0.4) is 0 Å². The van der Waals surface area contributed by atoms with Crippen LogP contribution < -0.4 is 0 Å². The molecule has 0 aliphatic rings. The fourth-order valence-electron chi connectivity index (χ4n) is 1.06. The molecule has 0 atom stereocenters. The van der Waals surface area contributed by atoms with E-state index in [0.29, 0.717) is 6.61 Å². The summed E-state index contributed by atoms with van der Waals surface area (Å²) in [5, 5.41) is 0.277. The van der Waals surface area contributed by atoms with Crippen LogP contribution in [0.25, 0.3) is 0 Å². The van der Waals surface area contributed by atoms with Gasteiger partial charge in [0, 0.05) is 25.4 Å². The molecule has 1 aromatic rings. The van der Waals surface area contributed by atoms with Gasteiger partial charge in [0.15, 0.2) is 8.32 Å². The molecule has 0 aliphatic heterocycles. The number of nitrogens with zero attached hydrogens (tertiary/aromatic N) is 1. The smallest absolute Gasteiger partial charge is 0.192 e. The molecule has 0 fully saturated rings. The van der Waals surface area contributed by atoms with Crippen molar-refractivity contribution >= 4 is 8.32 Å². The van der Waals surface area contributed by atoms with Crippen LogP contribution in [0.5, 0.6) is 0 Å². The first-order chi connectivity index (χ1) is 7.33. The summed E-state index contributed by atoms with van der Waals surface area (Å²) in [4.78, 5) is 3.99. The topological polar surface area (TPSA) is 22.1 Å². The average molecular weight is 236 g/mol. The molecule has 3 heteroatoms. The van der Waals surface area contributed by atoms with Gasteiger partial charge in [-0.25, -0.2) is 0 Å². The molecule has 0 saturated heterocycles. The van der Waals surface area contributed by atoms with Crippen LogP contribution in [0.2, 0.25) is 18.1 Å². The van der Waals surface area contributed by atoms with Gasteiger partial charge in [-0.3, -0.25) is 4.98 Å². The number of hydrogen-bond donors (Lipinski definition) is 0. The Hall–Kier alpha value is -0.673. The third kappa shape index (κ3) is 3.72. The molecule has 1 aromatic heterocycles. The van der Waals surface area contributed by atoms with Gasteiger partial charge in [0.05, 0.1) is 0 Å². The summed E-state index contributed by atoms with van der Waals surface area (Å²) in [6.45, 7) is 12.0. The largest absolute Gasteiger partial charge is 0.416 e. The van der Waals surface area contributed by atoms with Crippen molar-refractivity contribution in [3.63, 3.8) is 0 Å². The molecular weight excluding hydrogens is 214 g/mol. The molecule has 1 radical (unpaired) electrons. The number of hydrogen-bond acceptors (Lipinski definition) is 2. The Labute approximate surface area is 100 Å². The Balaban J connectivity index is 2.42. The molecule has 0 N–H and O–H groups in total. The van der Waals surface area contributed by atoms with Crippen LogP contribution in [-0.4, -0.2) is 19.9 Å². The molecule has 16 heavy (non-hydrogen) atoms. The molecule has 0 unspecified atom stereocenters. The maximum absolute atomic E-state index is 6.06. The third-order valence-electron chi connectivity index (χ3n) is 3.28. The zero-order valence-electron chi connectivity index (χ0n) is 10.9. The second kappa shape index (κ2) is 5.10. The summed E-state index contributed by atoms with van der Waals surface area (Å²) in [5.41, 5.74) is 1.17. The quantitative estimate of drug-likeness (QED) is 0.744. The average Bonchev–Trinajstić information content (AvgIpc) is 2.17. The summed E-state index contributed by atoms with van der Waals surface area (Å²) < 4.78 is 6.06. The van der Waals surface area contributed by atoms with E-state index < -0.39 is 8.32 Å². The Bertz CT molecular complexity index is 316. The summed E-state index contributed by atoms with van der Waals surface area (Å²) in [5.74, 6) is 0. The number of aromatic nitrogens is 1. The first kappa shape index (κ1) is 13.4. The van der Waals surface area contributed by atoms with Crippen molar-refractivity contribution in [1.82, 2.24) is 4.98 Å². The molecule has 89 valence electrons. The second-order valence-electron chi connectivity index (χ2n) is 5.56. The molecular formula is C13H22NOSi. The van der Waals surface area contributed by atoms with Crippen molar-refractivity contribution in [2.45, 2.75) is 38.9 Å². The van der Waals surface area contributed by atoms with Crippen molar-refractivity contribution in [3.8, 4) is 0 Å². The van der Waals surface area contributed by atoms with E-state index in [-0.39, 0.29) is 5.04 Å². The van der Waals surface area contributed by atoms with Crippen LogP contribution in [-0.2, 0) is 4.43 Å². The maximum Gasteiger partial charge on any atom is 0.192 e. The fourth-order valence-corrected chi connectivity index (χ4v) is 2.00. The molecule has 0 saturated carbocycles. The lowest BCUT2D eigenvalue weighted by Crippen LogP contribution is -2.41. The van der Waals surface area contributed by atoms with E-state index in [1.54, 1.807) is 12.4 Å². The van der Waals surface area contributed by atoms with E-state index in [0.717, 1.165) is 0 Å². The Morgan fingerprint density at radius 1 is 1.25 bits per heavy atom. The third-order valence-corrected chi connectivity index (χ3v) is 7.78. The Morgan fingerprint density at radius 2 is 1.81 bits per heavy atom. The lowest BCUT2D eigenvalue weighted by atomic mass is 10.2. The minimum absolute atomic E-state index is 0.277. The van der Waals surface area contributed by atoms with Gasteiger partial charge in [0.2, 0.25) is 0 Å². The van der Waals surface area contributed by atoms with E-state index >= 15 is 0 Å². The molecule has 0 amide bonds. The molecule has 1 heterocycles. The van der Waals surface area contributed by atoms with Gasteiger partial charge in [0.25, 0.3) is 0 Å². The van der Waals surface area contributed by atoms with Gasteiger partial charge in [-0.05, 0) is 35.8 Å². The summed E-state index contributed by atoms with van der Waals surface area (Å²) in [6.07, 6.45) is 5.72. The van der Waals surface area contributed by atoms with Crippen LogP contribution in [0.15, 0.2) is 24.5 Å². The van der Waals surface area contributed by atoms with E-state index in [1.165, 1.54) is 5.56 Å². The summed E-state index contributed by atoms with van der Waals surface area (Å²) in [7, 11) is -1.61. The van der Waals surface area contributed by atoms with Gasteiger partial charge in [-0.2, -0.15) is 0 Å². The zero-order valence-corrected chi connectivity index (χ0v) is 11.9. The van der Waals surface area contributed by atoms with Crippen molar-refractivity contribution < 1.29 is 4.43 Å². The summed E-state index contributed by atoms with van der Waals surface area (Å²) in [6, 6.07) is 3.99. The van der Waals surface area contributed by atoms with Crippen molar-refractivity contribution in [2.75, 3.05) is 6.61 Å². The predicted molar refractivity (Wildman–Crippen MR) is 70.8 cm³/mol. The highest BCUT2D eigenvalue weighted by Crippen LogP contribution is 2.36. The Morgan fingerprint density at radius 3 is 2.31 bits per heavy atom. The van der Waals surface area contributed by atoms with E-state index in [9.17, 15) is 0 Å². The second-order valence-corrected chi connectivity index (χ2v) is 10.4. The van der Waals surface area contributed by atoms with E-state index in [2.05, 4.69) is 45.3 Å². The molecule has 0 spiro atoms. The maximum atomic E-state index is 6.06. The molecule has 1 rings (SSSR count). The molecule has 0 bridgehead atoms. The number of pyridine rings is 1. The highest BCUT2D eigenvalue weighted by molar-refractivity contribution is 6.74. The minimum Gasteiger partial charge on any atom is -0.416 e. The van der Waals surface area contributed by atoms with Crippen LogP contribution in [0, 0.1) is 6.42 Å². The molecule has 0 aromatic carbocycles. The SMILES string of the molecule is CC(C)(C)[Si](C)(C)OC[CH]c1ccncc1. The highest BCUT2D eigenvalue weighted by atomic mass is 28.4. The fraction of sp³-hybridized carbons (Fsp3) is 0.538. The molecule has 2 nitrogen and oxygen atoms in total. The minimum atomic E-state index is -1.61. The Kier molecular flexibility index (Phi) is 4.27. The highest BCUT2D eigenvalue weighted by Gasteiger charge is 2.36. The van der Waals surface area contributed by atoms with Crippen LogP contribution in [0.4, 0.5) is 0 Å². The van der Waals surface area contributed by atoms with Crippen LogP contribution in [0.1, 0.15) is 26.3 Å². The van der Waals surface area contributed by atoms with Gasteiger partial charge < -0.3 is 4.43 Å². The monoisotopic (exact) mass is 236 g/mol. The lowest BCUT2D eigenvalue weighted by Gasteiger charge is -2.36. The van der Waals surface area contributed by atoms with Gasteiger partial charge in [-0.1, -0.05) is 20.8 Å². The van der Waals surface area contributed by atoms with Gasteiger partial charge in [-0.15, -0.1) is 0 Å². The van der Waals surface area contributed by atoms with E-state index in [1.807, 2.05) is 12.1 Å². The predicted octanol–water partition coefficient (Wildman–Crippen LogP) is 3.66. The van der Waals surface area contributed by atoms with Crippen molar-refractivity contribution in [2.24, 2.45) is 0 Å². The summed E-state index contributed by atoms with van der Waals surface area (Å²) >= 11 is 0. The normalized spacial score (nSPS) is 12.8. The van der Waals surface area contributed by atoms with Crippen molar-refractivity contribution in [3.05, 3.63) is 36.5 Å². The zero-order chi connectivity index (χ0) is 12.2. The first-order valence-electron chi connectivity index (χ1n) is 5.70. The van der Waals surface area contributed by atoms with E-state index in [4.69, 9.17) is 4.43 Å².